The Hall–Kier alpha value is -0.570. The lowest BCUT2D eigenvalue weighted by Gasteiger charge is -2.39. The van der Waals surface area contributed by atoms with Gasteiger partial charge in [-0.15, -0.1) is 0 Å². The molecule has 3 heteroatoms. The molecule has 0 spiro atoms. The summed E-state index contributed by atoms with van der Waals surface area (Å²) in [5, 5.41) is 3.36. The second-order valence-corrected chi connectivity index (χ2v) is 7.86. The number of esters is 1. The molecule has 1 fully saturated rings. The van der Waals surface area contributed by atoms with Crippen LogP contribution < -0.4 is 5.32 Å². The number of hydrogen-bond acceptors (Lipinski definition) is 3. The van der Waals surface area contributed by atoms with Crippen molar-refractivity contribution in [2.45, 2.75) is 85.3 Å². The first-order valence-electron chi connectivity index (χ1n) is 8.09. The predicted molar refractivity (Wildman–Crippen MR) is 83.7 cm³/mol. The highest BCUT2D eigenvalue weighted by Gasteiger charge is 2.31. The standard InChI is InChI=1S/C17H33NO2/c1-7-17(5,6)13-8-10-14(11-9-13)18-12-15(19)20-16(2,3)4/h13-14,18H,7-12H2,1-6H3. The van der Waals surface area contributed by atoms with Gasteiger partial charge in [0.1, 0.15) is 5.60 Å². The van der Waals surface area contributed by atoms with Crippen molar-refractivity contribution in [3.8, 4) is 0 Å². The van der Waals surface area contributed by atoms with Gasteiger partial charge in [-0.25, -0.2) is 0 Å². The van der Waals surface area contributed by atoms with Crippen LogP contribution in [0.5, 0.6) is 0 Å². The molecule has 1 aliphatic rings. The van der Waals surface area contributed by atoms with Crippen LogP contribution in [0.25, 0.3) is 0 Å². The molecule has 0 aromatic heterocycles. The molecule has 0 aromatic rings. The molecule has 3 nitrogen and oxygen atoms in total. The molecule has 0 unspecified atom stereocenters. The van der Waals surface area contributed by atoms with Crippen LogP contribution in [0.3, 0.4) is 0 Å². The van der Waals surface area contributed by atoms with E-state index in [1.54, 1.807) is 0 Å². The van der Waals surface area contributed by atoms with Crippen molar-refractivity contribution >= 4 is 5.97 Å². The SMILES string of the molecule is CCC(C)(C)C1CCC(NCC(=O)OC(C)(C)C)CC1. The topological polar surface area (TPSA) is 38.3 Å². The van der Waals surface area contributed by atoms with E-state index in [-0.39, 0.29) is 11.6 Å². The van der Waals surface area contributed by atoms with E-state index in [1.807, 2.05) is 20.8 Å². The van der Waals surface area contributed by atoms with Crippen LogP contribution in [0.4, 0.5) is 0 Å². The largest absolute Gasteiger partial charge is 0.459 e. The minimum Gasteiger partial charge on any atom is -0.459 e. The van der Waals surface area contributed by atoms with E-state index < -0.39 is 0 Å². The number of carbonyl (C=O) groups is 1. The zero-order valence-corrected chi connectivity index (χ0v) is 14.2. The summed E-state index contributed by atoms with van der Waals surface area (Å²) in [7, 11) is 0. The van der Waals surface area contributed by atoms with E-state index in [0.29, 0.717) is 18.0 Å². The summed E-state index contributed by atoms with van der Waals surface area (Å²) in [6, 6.07) is 0.478. The first-order valence-corrected chi connectivity index (χ1v) is 8.09. The fourth-order valence-corrected chi connectivity index (χ4v) is 2.97. The minimum absolute atomic E-state index is 0.145. The Morgan fingerprint density at radius 1 is 1.10 bits per heavy atom. The van der Waals surface area contributed by atoms with Gasteiger partial charge in [0.2, 0.25) is 0 Å². The molecule has 1 aliphatic carbocycles. The number of hydrogen-bond donors (Lipinski definition) is 1. The minimum atomic E-state index is -0.387. The van der Waals surface area contributed by atoms with Crippen molar-refractivity contribution in [2.75, 3.05) is 6.54 Å². The summed E-state index contributed by atoms with van der Waals surface area (Å²) >= 11 is 0. The van der Waals surface area contributed by atoms with Gasteiger partial charge in [-0.2, -0.15) is 0 Å². The third-order valence-electron chi connectivity index (χ3n) is 4.70. The molecule has 0 saturated heterocycles. The first-order chi connectivity index (χ1) is 9.14. The first kappa shape index (κ1) is 17.5. The maximum absolute atomic E-state index is 11.7. The average molecular weight is 283 g/mol. The second kappa shape index (κ2) is 6.93. The summed E-state index contributed by atoms with van der Waals surface area (Å²) < 4.78 is 5.32. The van der Waals surface area contributed by atoms with E-state index in [0.717, 1.165) is 5.92 Å². The summed E-state index contributed by atoms with van der Waals surface area (Å²) in [5.41, 5.74) is 0.0672. The van der Waals surface area contributed by atoms with Crippen LogP contribution in [-0.2, 0) is 9.53 Å². The van der Waals surface area contributed by atoms with E-state index in [2.05, 4.69) is 26.1 Å². The van der Waals surface area contributed by atoms with Crippen LogP contribution in [0.2, 0.25) is 0 Å². The van der Waals surface area contributed by atoms with Gasteiger partial charge in [0.15, 0.2) is 0 Å². The van der Waals surface area contributed by atoms with E-state index in [4.69, 9.17) is 4.74 Å². The van der Waals surface area contributed by atoms with Crippen molar-refractivity contribution in [1.82, 2.24) is 5.32 Å². The summed E-state index contributed by atoms with van der Waals surface area (Å²) in [6.07, 6.45) is 6.14. The number of ether oxygens (including phenoxy) is 1. The lowest BCUT2D eigenvalue weighted by Crippen LogP contribution is -2.40. The summed E-state index contributed by atoms with van der Waals surface area (Å²) in [5.74, 6) is 0.681. The van der Waals surface area contributed by atoms with Crippen molar-refractivity contribution in [3.63, 3.8) is 0 Å². The van der Waals surface area contributed by atoms with Gasteiger partial charge >= 0.3 is 5.97 Å². The van der Waals surface area contributed by atoms with E-state index in [9.17, 15) is 4.79 Å². The Morgan fingerprint density at radius 2 is 1.65 bits per heavy atom. The maximum Gasteiger partial charge on any atom is 0.320 e. The molecule has 0 amide bonds. The lowest BCUT2D eigenvalue weighted by molar-refractivity contribution is -0.153. The molecule has 0 atom stereocenters. The number of carbonyl (C=O) groups excluding carboxylic acids is 1. The lowest BCUT2D eigenvalue weighted by atomic mass is 9.69. The molecular weight excluding hydrogens is 250 g/mol. The smallest absolute Gasteiger partial charge is 0.320 e. The third-order valence-corrected chi connectivity index (χ3v) is 4.70. The van der Waals surface area contributed by atoms with Crippen molar-refractivity contribution in [3.05, 3.63) is 0 Å². The van der Waals surface area contributed by atoms with Gasteiger partial charge in [0.25, 0.3) is 0 Å². The number of rotatable bonds is 5. The molecule has 0 aromatic carbocycles. The molecular formula is C17H33NO2. The highest BCUT2D eigenvalue weighted by molar-refractivity contribution is 5.72. The number of nitrogens with one attached hydrogen (secondary N) is 1. The molecule has 1 saturated carbocycles. The second-order valence-electron chi connectivity index (χ2n) is 7.86. The molecule has 0 radical (unpaired) electrons. The monoisotopic (exact) mass is 283 g/mol. The van der Waals surface area contributed by atoms with Gasteiger partial charge < -0.3 is 10.1 Å². The molecule has 0 aliphatic heterocycles. The van der Waals surface area contributed by atoms with Crippen LogP contribution >= 0.6 is 0 Å². The molecule has 1 rings (SSSR count). The molecule has 20 heavy (non-hydrogen) atoms. The molecule has 0 bridgehead atoms. The fraction of sp³-hybridized carbons (Fsp3) is 0.941. The van der Waals surface area contributed by atoms with Crippen LogP contribution in [0.15, 0.2) is 0 Å². The van der Waals surface area contributed by atoms with Gasteiger partial charge in [0, 0.05) is 6.04 Å². The Bertz CT molecular complexity index is 309. The Labute approximate surface area is 124 Å². The average Bonchev–Trinajstić information content (AvgIpc) is 2.35. The quantitative estimate of drug-likeness (QED) is 0.777. The summed E-state index contributed by atoms with van der Waals surface area (Å²) in [4.78, 5) is 11.7. The van der Waals surface area contributed by atoms with Gasteiger partial charge in [0.05, 0.1) is 6.54 Å². The highest BCUT2D eigenvalue weighted by Crippen LogP contribution is 2.40. The van der Waals surface area contributed by atoms with Gasteiger partial charge in [-0.1, -0.05) is 27.2 Å². The Kier molecular flexibility index (Phi) is 6.06. The van der Waals surface area contributed by atoms with Crippen LogP contribution in [0.1, 0.15) is 73.6 Å². The predicted octanol–water partition coefficient (Wildman–Crippen LogP) is 3.91. The fourth-order valence-electron chi connectivity index (χ4n) is 2.97. The Morgan fingerprint density at radius 3 is 2.10 bits per heavy atom. The van der Waals surface area contributed by atoms with Gasteiger partial charge in [-0.3, -0.25) is 4.79 Å². The maximum atomic E-state index is 11.7. The highest BCUT2D eigenvalue weighted by atomic mass is 16.6. The zero-order chi connectivity index (χ0) is 15.4. The zero-order valence-electron chi connectivity index (χ0n) is 14.2. The summed E-state index contributed by atoms with van der Waals surface area (Å²) in [6.45, 7) is 13.1. The molecule has 1 N–H and O–H groups in total. The van der Waals surface area contributed by atoms with Crippen molar-refractivity contribution in [1.29, 1.82) is 0 Å². The van der Waals surface area contributed by atoms with E-state index in [1.165, 1.54) is 32.1 Å². The van der Waals surface area contributed by atoms with Gasteiger partial charge in [-0.05, 0) is 57.8 Å². The normalized spacial score (nSPS) is 24.5. The molecule has 0 heterocycles. The van der Waals surface area contributed by atoms with Crippen molar-refractivity contribution < 1.29 is 9.53 Å². The van der Waals surface area contributed by atoms with E-state index >= 15 is 0 Å². The van der Waals surface area contributed by atoms with Crippen LogP contribution in [0, 0.1) is 11.3 Å². The third kappa shape index (κ3) is 5.82. The Balaban J connectivity index is 2.28. The van der Waals surface area contributed by atoms with Crippen molar-refractivity contribution in [2.24, 2.45) is 11.3 Å². The molecule has 118 valence electrons. The van der Waals surface area contributed by atoms with Crippen LogP contribution in [-0.4, -0.2) is 24.2 Å².